The Morgan fingerprint density at radius 1 is 1.11 bits per heavy atom. The van der Waals surface area contributed by atoms with Crippen molar-refractivity contribution in [2.75, 3.05) is 37.5 Å². The van der Waals surface area contributed by atoms with Gasteiger partial charge in [-0.05, 0) is 36.4 Å². The largest absolute Gasteiger partial charge is 0.497 e. The molecule has 0 aromatic heterocycles. The average Bonchev–Trinajstić information content (AvgIpc) is 3.07. The number of anilines is 2. The molecule has 0 radical (unpaired) electrons. The van der Waals surface area contributed by atoms with Gasteiger partial charge < -0.3 is 25.0 Å². The molecule has 0 aliphatic carbocycles. The van der Waals surface area contributed by atoms with E-state index in [1.165, 1.54) is 0 Å². The number of amides is 3. The molecule has 1 heterocycles. The van der Waals surface area contributed by atoms with Crippen molar-refractivity contribution in [3.05, 3.63) is 48.5 Å². The molecule has 0 bridgehead atoms. The van der Waals surface area contributed by atoms with Crippen LogP contribution in [0.1, 0.15) is 6.42 Å². The van der Waals surface area contributed by atoms with Crippen molar-refractivity contribution < 1.29 is 19.1 Å². The summed E-state index contributed by atoms with van der Waals surface area (Å²) in [5.74, 6) is 1.45. The molecule has 2 aromatic rings. The molecule has 0 spiro atoms. The highest BCUT2D eigenvalue weighted by Gasteiger charge is 2.30. The molecule has 1 fully saturated rings. The van der Waals surface area contributed by atoms with Gasteiger partial charge in [0.1, 0.15) is 11.5 Å². The molecule has 7 heteroatoms. The summed E-state index contributed by atoms with van der Waals surface area (Å²) in [5.41, 5.74) is 1.43. The third kappa shape index (κ3) is 4.49. The van der Waals surface area contributed by atoms with Crippen LogP contribution < -0.4 is 25.0 Å². The highest BCUT2D eigenvalue weighted by Crippen LogP contribution is 2.27. The minimum absolute atomic E-state index is 0.0529. The van der Waals surface area contributed by atoms with E-state index in [0.717, 1.165) is 11.4 Å². The monoisotopic (exact) mass is 369 g/mol. The lowest BCUT2D eigenvalue weighted by Gasteiger charge is -2.17. The third-order valence-corrected chi connectivity index (χ3v) is 4.50. The molecule has 3 rings (SSSR count). The van der Waals surface area contributed by atoms with Crippen molar-refractivity contribution in [2.45, 2.75) is 6.42 Å². The molecular formula is C20H23N3O4. The fourth-order valence-electron chi connectivity index (χ4n) is 3.08. The van der Waals surface area contributed by atoms with Crippen LogP contribution in [-0.4, -0.2) is 39.2 Å². The van der Waals surface area contributed by atoms with Crippen molar-refractivity contribution in [1.29, 1.82) is 0 Å². The van der Waals surface area contributed by atoms with E-state index >= 15 is 0 Å². The van der Waals surface area contributed by atoms with Crippen molar-refractivity contribution in [2.24, 2.45) is 5.92 Å². The van der Waals surface area contributed by atoms with E-state index in [1.807, 2.05) is 36.4 Å². The molecule has 0 saturated carbocycles. The standard InChI is InChI=1S/C20H23N3O4/c1-26-16-9-7-15(8-10-16)23-13-14(11-19(23)24)12-21-20(25)22-17-5-3-4-6-18(17)27-2/h3-10,14H,11-13H2,1-2H3,(H2,21,22,25)/t14-/m1/s1. The van der Waals surface area contributed by atoms with Gasteiger partial charge in [-0.25, -0.2) is 4.79 Å². The molecule has 0 unspecified atom stereocenters. The molecule has 3 amide bonds. The molecule has 1 saturated heterocycles. The van der Waals surface area contributed by atoms with Crippen LogP contribution in [0.4, 0.5) is 16.2 Å². The third-order valence-electron chi connectivity index (χ3n) is 4.50. The lowest BCUT2D eigenvalue weighted by molar-refractivity contribution is -0.117. The summed E-state index contributed by atoms with van der Waals surface area (Å²) in [4.78, 5) is 26.2. The van der Waals surface area contributed by atoms with Crippen molar-refractivity contribution in [3.8, 4) is 11.5 Å². The van der Waals surface area contributed by atoms with Gasteiger partial charge in [-0.15, -0.1) is 0 Å². The number of ether oxygens (including phenoxy) is 2. The number of methoxy groups -OCH3 is 2. The number of para-hydroxylation sites is 2. The first-order chi connectivity index (χ1) is 13.1. The summed E-state index contributed by atoms with van der Waals surface area (Å²) in [6.45, 7) is 0.986. The summed E-state index contributed by atoms with van der Waals surface area (Å²) >= 11 is 0. The molecule has 2 aromatic carbocycles. The second kappa shape index (κ2) is 8.44. The zero-order chi connectivity index (χ0) is 19.2. The van der Waals surface area contributed by atoms with E-state index in [-0.39, 0.29) is 17.9 Å². The Hall–Kier alpha value is -3.22. The molecule has 142 valence electrons. The van der Waals surface area contributed by atoms with E-state index in [1.54, 1.807) is 31.3 Å². The first-order valence-corrected chi connectivity index (χ1v) is 8.73. The van der Waals surface area contributed by atoms with Crippen molar-refractivity contribution in [3.63, 3.8) is 0 Å². The topological polar surface area (TPSA) is 79.9 Å². The lowest BCUT2D eigenvalue weighted by atomic mass is 10.1. The number of hydrogen-bond donors (Lipinski definition) is 2. The zero-order valence-corrected chi connectivity index (χ0v) is 15.4. The predicted molar refractivity (Wildman–Crippen MR) is 103 cm³/mol. The molecular weight excluding hydrogens is 346 g/mol. The van der Waals surface area contributed by atoms with Crippen LogP contribution in [0.3, 0.4) is 0 Å². The Balaban J connectivity index is 1.53. The molecule has 2 N–H and O–H groups in total. The summed E-state index contributed by atoms with van der Waals surface area (Å²) in [6.07, 6.45) is 0.404. The minimum atomic E-state index is -0.324. The highest BCUT2D eigenvalue weighted by molar-refractivity contribution is 5.96. The Kier molecular flexibility index (Phi) is 5.80. The fourth-order valence-corrected chi connectivity index (χ4v) is 3.08. The summed E-state index contributed by atoms with van der Waals surface area (Å²) in [5, 5.41) is 5.60. The second-order valence-corrected chi connectivity index (χ2v) is 6.31. The van der Waals surface area contributed by atoms with Crippen molar-refractivity contribution >= 4 is 23.3 Å². The number of carbonyl (C=O) groups is 2. The van der Waals surface area contributed by atoms with E-state index in [2.05, 4.69) is 10.6 Å². The van der Waals surface area contributed by atoms with Crippen LogP contribution in [-0.2, 0) is 4.79 Å². The Morgan fingerprint density at radius 2 is 1.85 bits per heavy atom. The maximum atomic E-state index is 12.3. The number of nitrogens with zero attached hydrogens (tertiary/aromatic N) is 1. The van der Waals surface area contributed by atoms with E-state index in [4.69, 9.17) is 9.47 Å². The average molecular weight is 369 g/mol. The predicted octanol–water partition coefficient (Wildman–Crippen LogP) is 2.88. The van der Waals surface area contributed by atoms with Gasteiger partial charge in [-0.2, -0.15) is 0 Å². The molecule has 1 atom stereocenters. The first kappa shape index (κ1) is 18.6. The van der Waals surface area contributed by atoms with Gasteiger partial charge in [0, 0.05) is 31.1 Å². The van der Waals surface area contributed by atoms with E-state index in [0.29, 0.717) is 30.9 Å². The van der Waals surface area contributed by atoms with E-state index in [9.17, 15) is 9.59 Å². The van der Waals surface area contributed by atoms with Gasteiger partial charge in [0.05, 0.1) is 19.9 Å². The smallest absolute Gasteiger partial charge is 0.319 e. The van der Waals surface area contributed by atoms with Crippen LogP contribution in [0, 0.1) is 5.92 Å². The maximum absolute atomic E-state index is 12.3. The lowest BCUT2D eigenvalue weighted by Crippen LogP contribution is -2.34. The summed E-state index contributed by atoms with van der Waals surface area (Å²) in [6, 6.07) is 14.3. The number of nitrogens with one attached hydrogen (secondary N) is 2. The van der Waals surface area contributed by atoms with Crippen LogP contribution in [0.25, 0.3) is 0 Å². The normalized spacial score (nSPS) is 16.1. The van der Waals surface area contributed by atoms with Gasteiger partial charge in [0.25, 0.3) is 0 Å². The first-order valence-electron chi connectivity index (χ1n) is 8.73. The Bertz CT molecular complexity index is 807. The number of benzene rings is 2. The zero-order valence-electron chi connectivity index (χ0n) is 15.4. The molecule has 7 nitrogen and oxygen atoms in total. The minimum Gasteiger partial charge on any atom is -0.497 e. The second-order valence-electron chi connectivity index (χ2n) is 6.31. The SMILES string of the molecule is COc1ccc(N2C[C@@H](CNC(=O)Nc3ccccc3OC)CC2=O)cc1. The van der Waals surface area contributed by atoms with Gasteiger partial charge in [0.2, 0.25) is 5.91 Å². The van der Waals surface area contributed by atoms with Gasteiger partial charge >= 0.3 is 6.03 Å². The van der Waals surface area contributed by atoms with Gasteiger partial charge in [-0.3, -0.25) is 4.79 Å². The maximum Gasteiger partial charge on any atom is 0.319 e. The van der Waals surface area contributed by atoms with Crippen LogP contribution >= 0.6 is 0 Å². The molecule has 1 aliphatic rings. The van der Waals surface area contributed by atoms with Crippen LogP contribution in [0.15, 0.2) is 48.5 Å². The van der Waals surface area contributed by atoms with Crippen LogP contribution in [0.2, 0.25) is 0 Å². The Morgan fingerprint density at radius 3 is 2.56 bits per heavy atom. The Labute approximate surface area is 158 Å². The van der Waals surface area contributed by atoms with Gasteiger partial charge in [-0.1, -0.05) is 12.1 Å². The fraction of sp³-hybridized carbons (Fsp3) is 0.300. The van der Waals surface area contributed by atoms with Crippen LogP contribution in [0.5, 0.6) is 11.5 Å². The van der Waals surface area contributed by atoms with E-state index < -0.39 is 0 Å². The number of urea groups is 1. The number of hydrogen-bond acceptors (Lipinski definition) is 4. The molecule has 27 heavy (non-hydrogen) atoms. The summed E-state index contributed by atoms with van der Waals surface area (Å²) in [7, 11) is 3.16. The number of carbonyl (C=O) groups excluding carboxylic acids is 2. The molecule has 1 aliphatic heterocycles. The van der Waals surface area contributed by atoms with Crippen molar-refractivity contribution in [1.82, 2.24) is 5.32 Å². The number of rotatable bonds is 6. The summed E-state index contributed by atoms with van der Waals surface area (Å²) < 4.78 is 10.4. The quantitative estimate of drug-likeness (QED) is 0.821. The van der Waals surface area contributed by atoms with Gasteiger partial charge in [0.15, 0.2) is 0 Å². The highest BCUT2D eigenvalue weighted by atomic mass is 16.5.